The van der Waals surface area contributed by atoms with Crippen molar-refractivity contribution in [1.29, 1.82) is 0 Å². The molecule has 0 spiro atoms. The average Bonchev–Trinajstić information content (AvgIpc) is 3.24. The molecular weight excluding hydrogens is 394 g/mol. The Kier molecular flexibility index (Phi) is 4.32. The predicted octanol–water partition coefficient (Wildman–Crippen LogP) is 4.37. The summed E-state index contributed by atoms with van der Waals surface area (Å²) < 4.78 is 24.6. The topological polar surface area (TPSA) is 72.8 Å². The third-order valence-corrected chi connectivity index (χ3v) is 7.39. The number of benzene rings is 1. The average molecular weight is 406 g/mol. The predicted molar refractivity (Wildman–Crippen MR) is 102 cm³/mol. The quantitative estimate of drug-likeness (QED) is 0.470. The number of sulfone groups is 1. The van der Waals surface area contributed by atoms with E-state index >= 15 is 0 Å². The molecule has 4 rings (SSSR count). The van der Waals surface area contributed by atoms with Crippen molar-refractivity contribution >= 4 is 54.5 Å². The summed E-state index contributed by atoms with van der Waals surface area (Å²) in [6, 6.07) is 6.96. The van der Waals surface area contributed by atoms with Crippen LogP contribution >= 0.6 is 34.4 Å². The summed E-state index contributed by atoms with van der Waals surface area (Å²) in [7, 11) is -3.26. The van der Waals surface area contributed by atoms with E-state index in [1.54, 1.807) is 42.1 Å². The maximum atomic E-state index is 11.9. The van der Waals surface area contributed by atoms with Crippen LogP contribution in [0, 0.1) is 0 Å². The number of hydrogen-bond acceptors (Lipinski definition) is 8. The third kappa shape index (κ3) is 3.32. The zero-order valence-electron chi connectivity index (χ0n) is 12.9. The van der Waals surface area contributed by atoms with Crippen LogP contribution in [-0.2, 0) is 9.84 Å². The molecule has 0 unspecified atom stereocenters. The van der Waals surface area contributed by atoms with Crippen LogP contribution in [0.1, 0.15) is 0 Å². The maximum absolute atomic E-state index is 11.9. The summed E-state index contributed by atoms with van der Waals surface area (Å²) in [6.07, 6.45) is 4.52. The number of hydrogen-bond donors (Lipinski definition) is 0. The van der Waals surface area contributed by atoms with Gasteiger partial charge in [-0.1, -0.05) is 12.1 Å². The Morgan fingerprint density at radius 1 is 1.12 bits per heavy atom. The van der Waals surface area contributed by atoms with E-state index in [9.17, 15) is 8.42 Å². The lowest BCUT2D eigenvalue weighted by molar-refractivity contribution is 0.602. The van der Waals surface area contributed by atoms with Crippen molar-refractivity contribution in [3.05, 3.63) is 47.5 Å². The van der Waals surface area contributed by atoms with Gasteiger partial charge in [0.25, 0.3) is 0 Å². The fourth-order valence-corrected chi connectivity index (χ4v) is 5.67. The minimum absolute atomic E-state index is 0.301. The molecule has 5 nitrogen and oxygen atoms in total. The molecule has 3 heterocycles. The summed E-state index contributed by atoms with van der Waals surface area (Å²) in [5.41, 5.74) is 1.77. The van der Waals surface area contributed by atoms with Crippen LogP contribution in [0.2, 0.25) is 0 Å². The number of thiazole rings is 1. The fourth-order valence-electron chi connectivity index (χ4n) is 2.38. The van der Waals surface area contributed by atoms with Gasteiger partial charge in [0.05, 0.1) is 10.3 Å². The molecule has 9 heteroatoms. The van der Waals surface area contributed by atoms with Gasteiger partial charge >= 0.3 is 0 Å². The Morgan fingerprint density at radius 3 is 2.76 bits per heavy atom. The molecule has 0 radical (unpaired) electrons. The van der Waals surface area contributed by atoms with Crippen LogP contribution in [0.15, 0.2) is 61.8 Å². The Balaban J connectivity index is 1.89. The highest BCUT2D eigenvalue weighted by atomic mass is 32.2. The molecule has 0 fully saturated rings. The highest BCUT2D eigenvalue weighted by molar-refractivity contribution is 8.01. The fraction of sp³-hybridized carbons (Fsp3) is 0.0625. The van der Waals surface area contributed by atoms with Crippen LogP contribution in [0.5, 0.6) is 0 Å². The number of fused-ring (bicyclic) bond motifs is 1. The lowest BCUT2D eigenvalue weighted by Gasteiger charge is -2.05. The first-order chi connectivity index (χ1) is 12.0. The number of aromatic nitrogens is 3. The van der Waals surface area contributed by atoms with Crippen molar-refractivity contribution in [3.8, 4) is 11.1 Å². The Labute approximate surface area is 156 Å². The smallest absolute Gasteiger partial charge is 0.175 e. The molecule has 126 valence electrons. The van der Waals surface area contributed by atoms with Gasteiger partial charge in [0, 0.05) is 28.8 Å². The summed E-state index contributed by atoms with van der Waals surface area (Å²) in [5.74, 6) is 0. The highest BCUT2D eigenvalue weighted by Gasteiger charge is 2.16. The van der Waals surface area contributed by atoms with Crippen molar-refractivity contribution in [2.24, 2.45) is 0 Å². The normalized spacial score (nSPS) is 11.9. The molecule has 0 aliphatic carbocycles. The van der Waals surface area contributed by atoms with E-state index in [1.807, 2.05) is 16.8 Å². The molecule has 3 aromatic heterocycles. The van der Waals surface area contributed by atoms with Crippen LogP contribution in [-0.4, -0.2) is 29.6 Å². The molecule has 4 aromatic rings. The van der Waals surface area contributed by atoms with Crippen LogP contribution in [0.3, 0.4) is 0 Å². The third-order valence-electron chi connectivity index (χ3n) is 3.50. The summed E-state index contributed by atoms with van der Waals surface area (Å²) in [4.78, 5) is 14.2. The molecule has 0 saturated carbocycles. The molecular formula is C16H11N3O2S4. The molecule has 0 amide bonds. The zero-order chi connectivity index (χ0) is 17.4. The van der Waals surface area contributed by atoms with Gasteiger partial charge in [-0.25, -0.2) is 23.4 Å². The van der Waals surface area contributed by atoms with Crippen molar-refractivity contribution in [2.75, 3.05) is 6.26 Å². The van der Waals surface area contributed by atoms with Crippen molar-refractivity contribution in [2.45, 2.75) is 14.3 Å². The molecule has 1 aromatic carbocycles. The van der Waals surface area contributed by atoms with Crippen molar-refractivity contribution in [1.82, 2.24) is 15.0 Å². The number of thiophene rings is 1. The SMILES string of the molecule is CS(=O)(=O)c1cccc(-c2csc3ncnc(Sc4nccs4)c23)c1. The van der Waals surface area contributed by atoms with Gasteiger partial charge in [0.2, 0.25) is 0 Å². The molecule has 0 atom stereocenters. The maximum Gasteiger partial charge on any atom is 0.175 e. The van der Waals surface area contributed by atoms with E-state index in [-0.39, 0.29) is 0 Å². The minimum atomic E-state index is -3.26. The molecule has 0 N–H and O–H groups in total. The lowest BCUT2D eigenvalue weighted by Crippen LogP contribution is -1.96. The van der Waals surface area contributed by atoms with Crippen LogP contribution in [0.4, 0.5) is 0 Å². The van der Waals surface area contributed by atoms with E-state index in [1.165, 1.54) is 29.4 Å². The first kappa shape index (κ1) is 16.6. The molecule has 25 heavy (non-hydrogen) atoms. The Bertz CT molecular complexity index is 1150. The lowest BCUT2D eigenvalue weighted by atomic mass is 10.1. The second-order valence-electron chi connectivity index (χ2n) is 5.21. The van der Waals surface area contributed by atoms with E-state index in [0.29, 0.717) is 4.90 Å². The minimum Gasteiger partial charge on any atom is -0.238 e. The van der Waals surface area contributed by atoms with Crippen LogP contribution < -0.4 is 0 Å². The summed E-state index contributed by atoms with van der Waals surface area (Å²) in [5, 5.41) is 5.66. The van der Waals surface area contributed by atoms with E-state index in [4.69, 9.17) is 0 Å². The largest absolute Gasteiger partial charge is 0.238 e. The zero-order valence-corrected chi connectivity index (χ0v) is 16.2. The van der Waals surface area contributed by atoms with Gasteiger partial charge in [0.1, 0.15) is 16.2 Å². The number of nitrogens with zero attached hydrogens (tertiary/aromatic N) is 3. The van der Waals surface area contributed by atoms with E-state index in [0.717, 1.165) is 30.7 Å². The first-order valence-corrected chi connectivity index (χ1v) is 11.6. The molecule has 0 aliphatic heterocycles. The van der Waals surface area contributed by atoms with E-state index in [2.05, 4.69) is 15.0 Å². The van der Waals surface area contributed by atoms with Gasteiger partial charge in [-0.15, -0.1) is 22.7 Å². The summed E-state index contributed by atoms with van der Waals surface area (Å²) >= 11 is 4.56. The second-order valence-corrected chi connectivity index (χ2v) is 10.2. The molecule has 0 saturated heterocycles. The second kappa shape index (κ2) is 6.49. The van der Waals surface area contributed by atoms with Crippen LogP contribution in [0.25, 0.3) is 21.3 Å². The van der Waals surface area contributed by atoms with Crippen molar-refractivity contribution < 1.29 is 8.42 Å². The van der Waals surface area contributed by atoms with Gasteiger partial charge in [-0.05, 0) is 29.5 Å². The summed E-state index contributed by atoms with van der Waals surface area (Å²) in [6.45, 7) is 0. The number of rotatable bonds is 4. The first-order valence-electron chi connectivity index (χ1n) is 7.12. The highest BCUT2D eigenvalue weighted by Crippen LogP contribution is 2.40. The van der Waals surface area contributed by atoms with Gasteiger partial charge in [0.15, 0.2) is 14.2 Å². The molecule has 0 bridgehead atoms. The van der Waals surface area contributed by atoms with Gasteiger partial charge in [-0.3, -0.25) is 0 Å². The Morgan fingerprint density at radius 2 is 2.00 bits per heavy atom. The molecule has 0 aliphatic rings. The Hall–Kier alpha value is -1.81. The van der Waals surface area contributed by atoms with Gasteiger partial charge in [-0.2, -0.15) is 0 Å². The van der Waals surface area contributed by atoms with Crippen molar-refractivity contribution in [3.63, 3.8) is 0 Å². The monoisotopic (exact) mass is 405 g/mol. The van der Waals surface area contributed by atoms with E-state index < -0.39 is 9.84 Å². The van der Waals surface area contributed by atoms with Gasteiger partial charge < -0.3 is 0 Å². The standard InChI is InChI=1S/C16H11N3O2S4/c1-25(20,21)11-4-2-3-10(7-11)12-8-23-14-13(12)15(19-9-18-14)24-16-17-5-6-22-16/h2-9H,1H3.